The van der Waals surface area contributed by atoms with Gasteiger partial charge in [0.15, 0.2) is 6.61 Å². The van der Waals surface area contributed by atoms with Crippen molar-refractivity contribution in [1.82, 2.24) is 10.3 Å². The van der Waals surface area contributed by atoms with E-state index >= 15 is 0 Å². The van der Waals surface area contributed by atoms with Gasteiger partial charge >= 0.3 is 5.97 Å². The third-order valence-electron chi connectivity index (χ3n) is 4.03. The number of thiophene rings is 1. The lowest BCUT2D eigenvalue weighted by Crippen LogP contribution is -2.48. The highest BCUT2D eigenvalue weighted by atomic mass is 32.1. The van der Waals surface area contributed by atoms with E-state index in [9.17, 15) is 14.9 Å². The molecular formula is C17H17N3O3S2. The molecule has 2 aromatic heterocycles. The Morgan fingerprint density at radius 2 is 2.28 bits per heavy atom. The summed E-state index contributed by atoms with van der Waals surface area (Å²) in [6, 6.07) is 4.11. The van der Waals surface area contributed by atoms with E-state index in [0.717, 1.165) is 23.4 Å². The van der Waals surface area contributed by atoms with Gasteiger partial charge in [-0.05, 0) is 37.1 Å². The molecule has 6 nitrogen and oxygen atoms in total. The molecule has 3 rings (SSSR count). The van der Waals surface area contributed by atoms with E-state index in [0.29, 0.717) is 5.69 Å². The Morgan fingerprint density at radius 1 is 1.48 bits per heavy atom. The van der Waals surface area contributed by atoms with Crippen LogP contribution in [0.4, 0.5) is 0 Å². The van der Waals surface area contributed by atoms with Crippen LogP contribution in [0.3, 0.4) is 0 Å². The quantitative estimate of drug-likeness (QED) is 0.751. The average Bonchev–Trinajstić information content (AvgIpc) is 3.13. The first-order valence-electron chi connectivity index (χ1n) is 7.85. The number of nitrogens with one attached hydrogen (secondary N) is 1. The number of carbonyl (C=O) groups excluding carboxylic acids is 2. The van der Waals surface area contributed by atoms with E-state index in [1.54, 1.807) is 18.3 Å². The summed E-state index contributed by atoms with van der Waals surface area (Å²) in [6.45, 7) is 1.32. The Balaban J connectivity index is 1.47. The van der Waals surface area contributed by atoms with Gasteiger partial charge in [-0.15, -0.1) is 11.3 Å². The van der Waals surface area contributed by atoms with Crippen LogP contribution in [0.5, 0.6) is 0 Å². The van der Waals surface area contributed by atoms with Crippen LogP contribution in [0.25, 0.3) is 10.6 Å². The van der Waals surface area contributed by atoms with Crippen LogP contribution >= 0.6 is 22.7 Å². The van der Waals surface area contributed by atoms with Crippen molar-refractivity contribution in [2.24, 2.45) is 5.92 Å². The van der Waals surface area contributed by atoms with Crippen LogP contribution in [-0.2, 0) is 20.7 Å². The Hall–Kier alpha value is -2.24. The number of aromatic nitrogens is 1. The molecule has 1 aliphatic carbocycles. The number of rotatable bonds is 7. The van der Waals surface area contributed by atoms with Crippen LogP contribution < -0.4 is 5.32 Å². The van der Waals surface area contributed by atoms with Crippen molar-refractivity contribution < 1.29 is 14.3 Å². The van der Waals surface area contributed by atoms with Crippen molar-refractivity contribution in [2.75, 3.05) is 6.61 Å². The van der Waals surface area contributed by atoms with E-state index in [2.05, 4.69) is 16.4 Å². The summed E-state index contributed by atoms with van der Waals surface area (Å²) in [4.78, 5) is 28.2. The van der Waals surface area contributed by atoms with Gasteiger partial charge < -0.3 is 10.1 Å². The highest BCUT2D eigenvalue weighted by Gasteiger charge is 2.43. The molecule has 0 aromatic carbocycles. The molecule has 2 aromatic rings. The molecule has 0 aliphatic heterocycles. The molecule has 1 saturated carbocycles. The van der Waals surface area contributed by atoms with Gasteiger partial charge in [-0.25, -0.2) is 4.98 Å². The summed E-state index contributed by atoms with van der Waals surface area (Å²) in [5.41, 5.74) is 0.773. The SMILES string of the molecule is C[C@](C#N)(NC(=O)COC(=O)Cc1csc(-c2ccsc2)n1)C1CC1. The largest absolute Gasteiger partial charge is 0.455 e. The zero-order chi connectivity index (χ0) is 17.9. The smallest absolute Gasteiger partial charge is 0.312 e. The predicted molar refractivity (Wildman–Crippen MR) is 95.0 cm³/mol. The second-order valence-corrected chi connectivity index (χ2v) is 7.77. The number of esters is 1. The van der Waals surface area contributed by atoms with Crippen molar-refractivity contribution in [2.45, 2.75) is 31.7 Å². The zero-order valence-electron chi connectivity index (χ0n) is 13.7. The van der Waals surface area contributed by atoms with Gasteiger partial charge in [-0.1, -0.05) is 0 Å². The van der Waals surface area contributed by atoms with Crippen molar-refractivity contribution in [1.29, 1.82) is 5.26 Å². The van der Waals surface area contributed by atoms with Crippen LogP contribution in [0, 0.1) is 17.2 Å². The molecule has 1 fully saturated rings. The van der Waals surface area contributed by atoms with Gasteiger partial charge in [0.1, 0.15) is 10.5 Å². The summed E-state index contributed by atoms with van der Waals surface area (Å²) in [5.74, 6) is -0.786. The lowest BCUT2D eigenvalue weighted by molar-refractivity contribution is -0.148. The molecule has 0 unspecified atom stereocenters. The zero-order valence-corrected chi connectivity index (χ0v) is 15.3. The lowest BCUT2D eigenvalue weighted by Gasteiger charge is -2.22. The number of nitrogens with zero attached hydrogens (tertiary/aromatic N) is 2. The minimum absolute atomic E-state index is 0.0199. The highest BCUT2D eigenvalue weighted by molar-refractivity contribution is 7.14. The van der Waals surface area contributed by atoms with Crippen molar-refractivity contribution in [3.8, 4) is 16.6 Å². The maximum absolute atomic E-state index is 11.9. The molecule has 0 spiro atoms. The fourth-order valence-electron chi connectivity index (χ4n) is 2.46. The predicted octanol–water partition coefficient (Wildman–Crippen LogP) is 2.77. The van der Waals surface area contributed by atoms with E-state index < -0.39 is 17.4 Å². The van der Waals surface area contributed by atoms with Crippen molar-refractivity contribution >= 4 is 34.6 Å². The van der Waals surface area contributed by atoms with Gasteiger partial charge in [-0.3, -0.25) is 9.59 Å². The van der Waals surface area contributed by atoms with Gasteiger partial charge in [0, 0.05) is 16.3 Å². The second kappa shape index (κ2) is 7.33. The molecule has 25 heavy (non-hydrogen) atoms. The summed E-state index contributed by atoms with van der Waals surface area (Å²) in [7, 11) is 0. The highest BCUT2D eigenvalue weighted by Crippen LogP contribution is 2.39. The number of hydrogen-bond acceptors (Lipinski definition) is 7. The van der Waals surface area contributed by atoms with Crippen LogP contribution in [0.2, 0.25) is 0 Å². The van der Waals surface area contributed by atoms with Gasteiger partial charge in [-0.2, -0.15) is 16.6 Å². The Morgan fingerprint density at radius 3 is 2.92 bits per heavy atom. The molecule has 1 aliphatic rings. The first-order valence-corrected chi connectivity index (χ1v) is 9.67. The number of thiazole rings is 1. The maximum Gasteiger partial charge on any atom is 0.312 e. The van der Waals surface area contributed by atoms with E-state index in [-0.39, 0.29) is 18.9 Å². The minimum atomic E-state index is -0.881. The van der Waals surface area contributed by atoms with Gasteiger partial charge in [0.05, 0.1) is 18.2 Å². The number of carbonyl (C=O) groups is 2. The van der Waals surface area contributed by atoms with Crippen LogP contribution in [0.1, 0.15) is 25.5 Å². The van der Waals surface area contributed by atoms with Gasteiger partial charge in [0.2, 0.25) is 0 Å². The standard InChI is InChI=1S/C17H17N3O3S2/c1-17(10-18,12-2-3-12)20-14(21)7-23-15(22)6-13-9-25-16(19-13)11-4-5-24-8-11/h4-5,8-9,12H,2-3,6-7H2,1H3,(H,20,21)/t17-/m1/s1. The minimum Gasteiger partial charge on any atom is -0.455 e. The summed E-state index contributed by atoms with van der Waals surface area (Å²) < 4.78 is 5.00. The fraction of sp³-hybridized carbons (Fsp3) is 0.412. The molecule has 0 radical (unpaired) electrons. The van der Waals surface area contributed by atoms with Gasteiger partial charge in [0.25, 0.3) is 5.91 Å². The number of nitriles is 1. The Bertz CT molecular complexity index is 805. The molecule has 0 bridgehead atoms. The van der Waals surface area contributed by atoms with Crippen LogP contribution in [-0.4, -0.2) is 29.0 Å². The Kier molecular flexibility index (Phi) is 5.16. The van der Waals surface area contributed by atoms with E-state index in [1.807, 2.05) is 22.2 Å². The van der Waals surface area contributed by atoms with Crippen molar-refractivity contribution in [3.63, 3.8) is 0 Å². The maximum atomic E-state index is 11.9. The van der Waals surface area contributed by atoms with E-state index in [4.69, 9.17) is 4.74 Å². The molecule has 1 N–H and O–H groups in total. The fourth-order valence-corrected chi connectivity index (χ4v) is 3.99. The monoisotopic (exact) mass is 375 g/mol. The topological polar surface area (TPSA) is 92.1 Å². The second-order valence-electron chi connectivity index (χ2n) is 6.13. The molecule has 2 heterocycles. The molecule has 8 heteroatoms. The number of ether oxygens (including phenoxy) is 1. The number of hydrogen-bond donors (Lipinski definition) is 1. The molecule has 130 valence electrons. The third-order valence-corrected chi connectivity index (χ3v) is 5.66. The molecular weight excluding hydrogens is 358 g/mol. The molecule has 0 saturated heterocycles. The van der Waals surface area contributed by atoms with Crippen LogP contribution in [0.15, 0.2) is 22.2 Å². The number of amides is 1. The summed E-state index contributed by atoms with van der Waals surface area (Å²) >= 11 is 3.06. The molecule has 1 amide bonds. The first kappa shape index (κ1) is 17.6. The Labute approximate surface area is 153 Å². The van der Waals surface area contributed by atoms with Crippen molar-refractivity contribution in [3.05, 3.63) is 27.9 Å². The summed E-state index contributed by atoms with van der Waals surface area (Å²) in [6.07, 6.45) is 1.88. The average molecular weight is 375 g/mol. The normalized spacial score (nSPS) is 15.8. The molecule has 1 atom stereocenters. The first-order chi connectivity index (χ1) is 12.0. The lowest BCUT2D eigenvalue weighted by atomic mass is 9.98. The van der Waals surface area contributed by atoms with E-state index in [1.165, 1.54) is 11.3 Å². The third kappa shape index (κ3) is 4.44. The summed E-state index contributed by atoms with van der Waals surface area (Å²) in [5, 5.41) is 18.5.